The molecule has 1 aromatic carbocycles. The Kier molecular flexibility index (Phi) is 4.84. The second-order valence-corrected chi connectivity index (χ2v) is 7.36. The Bertz CT molecular complexity index is 666. The fourth-order valence-electron chi connectivity index (χ4n) is 2.71. The molecular formula is C16H21NO4S. The largest absolute Gasteiger partial charge is 0.365 e. The third-order valence-electron chi connectivity index (χ3n) is 4.04. The van der Waals surface area contributed by atoms with Crippen molar-refractivity contribution in [2.75, 3.05) is 7.11 Å². The number of hydrogen-bond acceptors (Lipinski definition) is 4. The summed E-state index contributed by atoms with van der Waals surface area (Å²) in [7, 11) is -2.38. The van der Waals surface area contributed by atoms with Gasteiger partial charge in [-0.05, 0) is 26.0 Å². The van der Waals surface area contributed by atoms with Gasteiger partial charge < -0.3 is 4.74 Å². The van der Waals surface area contributed by atoms with E-state index in [0.717, 1.165) is 9.87 Å². The molecule has 1 aliphatic rings. The van der Waals surface area contributed by atoms with Crippen molar-refractivity contribution in [3.05, 3.63) is 42.5 Å². The Labute approximate surface area is 131 Å². The number of piperidine rings is 1. The van der Waals surface area contributed by atoms with Crippen LogP contribution >= 0.6 is 0 Å². The molecule has 2 rings (SSSR count). The number of benzene rings is 1. The molecule has 0 amide bonds. The normalized spacial score (nSPS) is 26.9. The highest BCUT2D eigenvalue weighted by atomic mass is 32.2. The molecule has 1 aromatic rings. The molecule has 22 heavy (non-hydrogen) atoms. The summed E-state index contributed by atoms with van der Waals surface area (Å²) in [6, 6.07) is 5.80. The third-order valence-corrected chi connectivity index (χ3v) is 5.99. The van der Waals surface area contributed by atoms with Crippen LogP contribution in [0.25, 0.3) is 0 Å². The SMILES string of the molecule is C=C[C@H]1CC(=O)[C@H](C)N(S(=O)(=O)c2ccc(C)cc2)[C@@H]1OC. The van der Waals surface area contributed by atoms with Crippen molar-refractivity contribution in [1.29, 1.82) is 0 Å². The van der Waals surface area contributed by atoms with Crippen LogP contribution in [-0.4, -0.2) is 37.9 Å². The highest BCUT2D eigenvalue weighted by molar-refractivity contribution is 7.89. The molecule has 0 aromatic heterocycles. The summed E-state index contributed by atoms with van der Waals surface area (Å²) in [5.74, 6) is -0.484. The molecule has 0 aliphatic carbocycles. The molecule has 6 heteroatoms. The topological polar surface area (TPSA) is 63.7 Å². The Balaban J connectivity index is 2.51. The summed E-state index contributed by atoms with van der Waals surface area (Å²) in [6.45, 7) is 7.17. The van der Waals surface area contributed by atoms with E-state index >= 15 is 0 Å². The number of aryl methyl sites for hydroxylation is 1. The van der Waals surface area contributed by atoms with Gasteiger partial charge in [-0.1, -0.05) is 23.8 Å². The van der Waals surface area contributed by atoms with E-state index in [0.29, 0.717) is 0 Å². The Hall–Kier alpha value is -1.50. The van der Waals surface area contributed by atoms with Gasteiger partial charge >= 0.3 is 0 Å². The first kappa shape index (κ1) is 16.9. The van der Waals surface area contributed by atoms with E-state index in [-0.39, 0.29) is 23.0 Å². The van der Waals surface area contributed by atoms with Crippen molar-refractivity contribution in [2.45, 2.75) is 37.4 Å². The number of ketones is 1. The van der Waals surface area contributed by atoms with Crippen LogP contribution in [0.4, 0.5) is 0 Å². The maximum atomic E-state index is 12.9. The minimum absolute atomic E-state index is 0.131. The quantitative estimate of drug-likeness (QED) is 0.796. The summed E-state index contributed by atoms with van der Waals surface area (Å²) < 4.78 is 32.4. The number of sulfonamides is 1. The van der Waals surface area contributed by atoms with Crippen molar-refractivity contribution < 1.29 is 17.9 Å². The predicted octanol–water partition coefficient (Wildman–Crippen LogP) is 2.12. The lowest BCUT2D eigenvalue weighted by Crippen LogP contribution is -2.57. The van der Waals surface area contributed by atoms with Gasteiger partial charge in [0.05, 0.1) is 10.9 Å². The molecule has 3 atom stereocenters. The molecule has 1 aliphatic heterocycles. The van der Waals surface area contributed by atoms with Crippen LogP contribution in [0.15, 0.2) is 41.8 Å². The molecule has 0 unspecified atom stereocenters. The van der Waals surface area contributed by atoms with E-state index in [1.165, 1.54) is 7.11 Å². The van der Waals surface area contributed by atoms with Crippen molar-refractivity contribution >= 4 is 15.8 Å². The number of rotatable bonds is 4. The first-order valence-corrected chi connectivity index (χ1v) is 8.55. The molecule has 0 bridgehead atoms. The second-order valence-electron chi connectivity index (χ2n) is 5.52. The van der Waals surface area contributed by atoms with Gasteiger partial charge in [-0.2, -0.15) is 4.31 Å². The average molecular weight is 323 g/mol. The minimum atomic E-state index is -3.83. The number of nitrogens with zero attached hydrogens (tertiary/aromatic N) is 1. The van der Waals surface area contributed by atoms with Gasteiger partial charge in [0, 0.05) is 19.4 Å². The fourth-order valence-corrected chi connectivity index (χ4v) is 4.48. The van der Waals surface area contributed by atoms with E-state index in [4.69, 9.17) is 4.74 Å². The number of carbonyl (C=O) groups excluding carboxylic acids is 1. The zero-order chi connectivity index (χ0) is 16.5. The highest BCUT2D eigenvalue weighted by Crippen LogP contribution is 2.32. The van der Waals surface area contributed by atoms with Gasteiger partial charge in [0.1, 0.15) is 6.23 Å². The number of Topliss-reactive ketones (excluding diaryl/α,β-unsaturated/α-hetero) is 1. The summed E-state index contributed by atoms with van der Waals surface area (Å²) >= 11 is 0. The average Bonchev–Trinajstić information content (AvgIpc) is 2.49. The first-order chi connectivity index (χ1) is 10.3. The maximum absolute atomic E-state index is 12.9. The summed E-state index contributed by atoms with van der Waals surface area (Å²) in [6.07, 6.45) is 1.09. The molecular weight excluding hydrogens is 302 g/mol. The zero-order valence-corrected chi connectivity index (χ0v) is 13.8. The van der Waals surface area contributed by atoms with Crippen LogP contribution in [0.5, 0.6) is 0 Å². The number of ether oxygens (including phenoxy) is 1. The van der Waals surface area contributed by atoms with Crippen molar-refractivity contribution in [1.82, 2.24) is 4.31 Å². The molecule has 1 fully saturated rings. The molecule has 1 heterocycles. The first-order valence-electron chi connectivity index (χ1n) is 7.11. The minimum Gasteiger partial charge on any atom is -0.365 e. The summed E-state index contributed by atoms with van der Waals surface area (Å²) in [5.41, 5.74) is 0.967. The molecule has 0 spiro atoms. The van der Waals surface area contributed by atoms with Crippen LogP contribution in [0.2, 0.25) is 0 Å². The van der Waals surface area contributed by atoms with Gasteiger partial charge in [0.2, 0.25) is 10.0 Å². The summed E-state index contributed by atoms with van der Waals surface area (Å²) in [4.78, 5) is 12.3. The standard InChI is InChI=1S/C16H21NO4S/c1-5-13-10-15(18)12(3)17(16(13)21-4)22(19,20)14-8-6-11(2)7-9-14/h5-9,12-13,16H,1,10H2,2-4H3/t12-,13-,16+/m0/s1. The second kappa shape index (κ2) is 6.32. The van der Waals surface area contributed by atoms with Gasteiger partial charge in [-0.3, -0.25) is 4.79 Å². The lowest BCUT2D eigenvalue weighted by molar-refractivity contribution is -0.135. The zero-order valence-electron chi connectivity index (χ0n) is 13.0. The van der Waals surface area contributed by atoms with E-state index in [1.54, 1.807) is 37.3 Å². The van der Waals surface area contributed by atoms with E-state index in [2.05, 4.69) is 6.58 Å². The Morgan fingerprint density at radius 3 is 2.41 bits per heavy atom. The molecule has 0 radical (unpaired) electrons. The molecule has 0 N–H and O–H groups in total. The fraction of sp³-hybridized carbons (Fsp3) is 0.438. The van der Waals surface area contributed by atoms with E-state index in [9.17, 15) is 13.2 Å². The molecule has 120 valence electrons. The van der Waals surface area contributed by atoms with Gasteiger partial charge in [0.25, 0.3) is 0 Å². The van der Waals surface area contributed by atoms with Gasteiger partial charge in [0.15, 0.2) is 5.78 Å². The maximum Gasteiger partial charge on any atom is 0.245 e. The lowest BCUT2D eigenvalue weighted by atomic mass is 9.92. The molecule has 0 saturated carbocycles. The van der Waals surface area contributed by atoms with Crippen molar-refractivity contribution in [2.24, 2.45) is 5.92 Å². The highest BCUT2D eigenvalue weighted by Gasteiger charge is 2.45. The number of carbonyl (C=O) groups is 1. The van der Waals surface area contributed by atoms with E-state index in [1.807, 2.05) is 6.92 Å². The Morgan fingerprint density at radius 1 is 1.32 bits per heavy atom. The summed E-state index contributed by atoms with van der Waals surface area (Å²) in [5, 5.41) is 0. The number of methoxy groups -OCH3 is 1. The van der Waals surface area contributed by atoms with Gasteiger partial charge in [-0.15, -0.1) is 6.58 Å². The van der Waals surface area contributed by atoms with E-state index < -0.39 is 22.3 Å². The van der Waals surface area contributed by atoms with Crippen LogP contribution < -0.4 is 0 Å². The predicted molar refractivity (Wildman–Crippen MR) is 83.8 cm³/mol. The lowest BCUT2D eigenvalue weighted by Gasteiger charge is -2.41. The van der Waals surface area contributed by atoms with Crippen LogP contribution in [0.3, 0.4) is 0 Å². The monoisotopic (exact) mass is 323 g/mol. The van der Waals surface area contributed by atoms with Gasteiger partial charge in [-0.25, -0.2) is 8.42 Å². The molecule has 1 saturated heterocycles. The van der Waals surface area contributed by atoms with Crippen LogP contribution in [0.1, 0.15) is 18.9 Å². The van der Waals surface area contributed by atoms with Crippen molar-refractivity contribution in [3.63, 3.8) is 0 Å². The third kappa shape index (κ3) is 2.86. The van der Waals surface area contributed by atoms with Crippen molar-refractivity contribution in [3.8, 4) is 0 Å². The number of hydrogen-bond donors (Lipinski definition) is 0. The Morgan fingerprint density at radius 2 is 1.91 bits per heavy atom. The smallest absolute Gasteiger partial charge is 0.245 e. The van der Waals surface area contributed by atoms with Crippen LogP contribution in [-0.2, 0) is 19.6 Å². The van der Waals surface area contributed by atoms with Crippen LogP contribution in [0, 0.1) is 12.8 Å². The molecule has 5 nitrogen and oxygen atoms in total.